The molecule has 1 amide bonds. The number of rotatable bonds is 62. The molecule has 3 saturated heterocycles. The first-order chi connectivity index (χ1) is 49.8. The smallest absolute Gasteiger partial charge is 0.220 e. The van der Waals surface area contributed by atoms with Gasteiger partial charge in [-0.2, -0.15) is 0 Å². The lowest BCUT2D eigenvalue weighted by molar-refractivity contribution is -0.379. The number of allylic oxidation sites excluding steroid dienone is 17. The molecule has 17 atom stereocenters. The maximum Gasteiger partial charge on any atom is 0.220 e. The van der Waals surface area contributed by atoms with E-state index in [0.29, 0.717) is 12.8 Å². The molecule has 0 spiro atoms. The minimum atomic E-state index is -1.99. The summed E-state index contributed by atoms with van der Waals surface area (Å²) in [5, 5.41) is 121. The third-order valence-electron chi connectivity index (χ3n) is 19.3. The van der Waals surface area contributed by atoms with Crippen LogP contribution in [-0.2, 0) is 33.2 Å². The number of hydrogen-bond acceptors (Lipinski definition) is 18. The summed E-state index contributed by atoms with van der Waals surface area (Å²) in [5.74, 6) is -0.290. The highest BCUT2D eigenvalue weighted by Crippen LogP contribution is 2.33. The first kappa shape index (κ1) is 92.7. The zero-order valence-electron chi connectivity index (χ0n) is 62.8. The van der Waals surface area contributed by atoms with Gasteiger partial charge < -0.3 is 89.9 Å². The number of aliphatic hydroxyl groups excluding tert-OH is 11. The van der Waals surface area contributed by atoms with Crippen molar-refractivity contribution in [2.75, 3.05) is 26.4 Å². The molecule has 3 rings (SSSR count). The molecular formula is C83H143NO18. The summed E-state index contributed by atoms with van der Waals surface area (Å²) in [5.41, 5.74) is 0. The highest BCUT2D eigenvalue weighted by atomic mass is 16.8. The van der Waals surface area contributed by atoms with E-state index < -0.39 is 124 Å². The summed E-state index contributed by atoms with van der Waals surface area (Å²) < 4.78 is 34.4. The summed E-state index contributed by atoms with van der Waals surface area (Å²) in [6.07, 6.45) is 59.4. The van der Waals surface area contributed by atoms with Crippen LogP contribution >= 0.6 is 0 Å². The van der Waals surface area contributed by atoms with E-state index >= 15 is 0 Å². The van der Waals surface area contributed by atoms with Gasteiger partial charge in [0.2, 0.25) is 5.91 Å². The molecule has 3 fully saturated rings. The van der Waals surface area contributed by atoms with Crippen LogP contribution in [0.1, 0.15) is 277 Å². The lowest BCUT2D eigenvalue weighted by Gasteiger charge is -2.48. The second-order valence-electron chi connectivity index (χ2n) is 28.1. The lowest BCUT2D eigenvalue weighted by Crippen LogP contribution is -2.66. The maximum atomic E-state index is 13.5. The number of carbonyl (C=O) groups excluding carboxylic acids is 1. The van der Waals surface area contributed by atoms with Crippen molar-refractivity contribution in [3.63, 3.8) is 0 Å². The Morgan fingerprint density at radius 1 is 0.363 bits per heavy atom. The van der Waals surface area contributed by atoms with Crippen molar-refractivity contribution in [1.82, 2.24) is 5.32 Å². The van der Waals surface area contributed by atoms with Crippen LogP contribution < -0.4 is 5.32 Å². The third kappa shape index (κ3) is 42.1. The van der Waals surface area contributed by atoms with E-state index in [2.05, 4.69) is 116 Å². The quantitative estimate of drug-likeness (QED) is 0.0199. The van der Waals surface area contributed by atoms with E-state index in [1.807, 2.05) is 6.08 Å². The number of aliphatic hydroxyl groups is 11. The predicted molar refractivity (Wildman–Crippen MR) is 406 cm³/mol. The van der Waals surface area contributed by atoms with Gasteiger partial charge in [0.25, 0.3) is 0 Å². The first-order valence-corrected chi connectivity index (χ1v) is 40.1. The Labute approximate surface area is 615 Å². The zero-order chi connectivity index (χ0) is 73.9. The van der Waals surface area contributed by atoms with Crippen molar-refractivity contribution >= 4 is 5.91 Å². The van der Waals surface area contributed by atoms with E-state index in [9.17, 15) is 61.0 Å². The molecule has 3 aliphatic rings. The predicted octanol–water partition coefficient (Wildman–Crippen LogP) is 13.3. The van der Waals surface area contributed by atoms with Crippen molar-refractivity contribution in [2.24, 2.45) is 0 Å². The fourth-order valence-electron chi connectivity index (χ4n) is 12.9. The molecule has 0 aromatic rings. The lowest BCUT2D eigenvalue weighted by atomic mass is 9.96. The molecule has 588 valence electrons. The van der Waals surface area contributed by atoms with Crippen LogP contribution in [0.5, 0.6) is 0 Å². The summed E-state index contributed by atoms with van der Waals surface area (Å²) in [6.45, 7) is 1.60. The Balaban J connectivity index is 1.35. The first-order valence-electron chi connectivity index (χ1n) is 40.1. The fraction of sp³-hybridized carbons (Fsp3) is 0.771. The zero-order valence-corrected chi connectivity index (χ0v) is 62.8. The standard InChI is InChI=1S/C83H143NO18/c1-3-5-7-9-11-13-15-17-19-21-23-25-26-27-28-29-30-31-32-33-34-35-36-37-38-39-40-41-43-45-47-49-51-53-55-57-59-61-71(89)84-66(67(88)60-58-56-54-52-50-48-46-44-42-24-22-20-18-16-14-12-10-8-6-4-2)65-97-81-77(95)74(92)79(69(63-86)99-81)102-83-78(96)75(93)80(70(64-87)100-83)101-82-76(94)73(91)72(90)68(62-85)98-82/h5,7,11,13,17,19,23,25,27-28,30-31,42,44,50,52,58,60,66-70,72-83,85-88,90-96H,3-4,6,8-10,12,14-16,18,20-22,24,26,29,32-41,43,45-49,51,53-57,59,61-65H2,1-2H3,(H,84,89)/b7-5-,13-11-,19-17-,25-23-,28-27-,31-30-,44-42+,52-50+,60-58+. The largest absolute Gasteiger partial charge is 0.394 e. The molecular weight excluding hydrogens is 1300 g/mol. The van der Waals surface area contributed by atoms with Crippen LogP contribution in [0, 0.1) is 0 Å². The maximum absolute atomic E-state index is 13.5. The van der Waals surface area contributed by atoms with Gasteiger partial charge in [0.05, 0.1) is 38.6 Å². The second-order valence-corrected chi connectivity index (χ2v) is 28.1. The number of unbranched alkanes of at least 4 members (excludes halogenated alkanes) is 30. The van der Waals surface area contributed by atoms with E-state index in [0.717, 1.165) is 83.5 Å². The molecule has 17 unspecified atom stereocenters. The van der Waals surface area contributed by atoms with Gasteiger partial charge in [0, 0.05) is 6.42 Å². The van der Waals surface area contributed by atoms with E-state index in [1.165, 1.54) is 161 Å². The molecule has 0 aromatic carbocycles. The Morgan fingerprint density at radius 3 is 1.10 bits per heavy atom. The summed E-state index contributed by atoms with van der Waals surface area (Å²) >= 11 is 0. The monoisotopic (exact) mass is 1440 g/mol. The van der Waals surface area contributed by atoms with Gasteiger partial charge in [-0.15, -0.1) is 0 Å². The van der Waals surface area contributed by atoms with Crippen molar-refractivity contribution in [2.45, 2.75) is 381 Å². The third-order valence-corrected chi connectivity index (χ3v) is 19.3. The van der Waals surface area contributed by atoms with Gasteiger partial charge in [0.15, 0.2) is 18.9 Å². The Hall–Kier alpha value is -3.55. The minimum absolute atomic E-state index is 0.229. The molecule has 0 bridgehead atoms. The average molecular weight is 1440 g/mol. The number of carbonyl (C=O) groups is 1. The van der Waals surface area contributed by atoms with Gasteiger partial charge in [-0.1, -0.05) is 284 Å². The Kier molecular flexibility index (Phi) is 56.8. The number of hydrogen-bond donors (Lipinski definition) is 12. The van der Waals surface area contributed by atoms with E-state index in [4.69, 9.17) is 28.4 Å². The van der Waals surface area contributed by atoms with Crippen molar-refractivity contribution < 1.29 is 89.4 Å². The van der Waals surface area contributed by atoms with Crippen LogP contribution in [0.3, 0.4) is 0 Å². The highest BCUT2D eigenvalue weighted by molar-refractivity contribution is 5.76. The Morgan fingerprint density at radius 2 is 0.686 bits per heavy atom. The van der Waals surface area contributed by atoms with Crippen LogP contribution in [0.15, 0.2) is 109 Å². The van der Waals surface area contributed by atoms with Crippen LogP contribution in [0.2, 0.25) is 0 Å². The molecule has 102 heavy (non-hydrogen) atoms. The van der Waals surface area contributed by atoms with Crippen molar-refractivity contribution in [1.29, 1.82) is 0 Å². The summed E-state index contributed by atoms with van der Waals surface area (Å²) in [7, 11) is 0. The Bertz CT molecular complexity index is 2270. The molecule has 3 heterocycles. The molecule has 19 heteroatoms. The molecule has 3 aliphatic heterocycles. The SMILES string of the molecule is CC/C=C\C/C=C\C/C=C\C/C=C\C/C=C\C/C=C\CCCCCCCCCCCCCCCCCCCCC(=O)NC(COC1OC(CO)C(OC2OC(CO)C(OC3OC(CO)C(O)C(O)C3O)C(O)C2O)C(O)C1O)C(O)/C=C/CC/C=C/CC/C=C/CCCCCCCCCCCC. The molecule has 0 aromatic heterocycles. The topological polar surface area (TPSA) is 307 Å². The van der Waals surface area contributed by atoms with Gasteiger partial charge in [-0.3, -0.25) is 4.79 Å². The van der Waals surface area contributed by atoms with Crippen molar-refractivity contribution in [3.8, 4) is 0 Å². The summed E-state index contributed by atoms with van der Waals surface area (Å²) in [4.78, 5) is 13.5. The van der Waals surface area contributed by atoms with Gasteiger partial charge in [-0.05, 0) is 96.3 Å². The van der Waals surface area contributed by atoms with Crippen molar-refractivity contribution in [3.05, 3.63) is 109 Å². The van der Waals surface area contributed by atoms with Crippen LogP contribution in [0.25, 0.3) is 0 Å². The molecule has 12 N–H and O–H groups in total. The van der Waals surface area contributed by atoms with E-state index in [1.54, 1.807) is 6.08 Å². The van der Waals surface area contributed by atoms with Gasteiger partial charge >= 0.3 is 0 Å². The van der Waals surface area contributed by atoms with Gasteiger partial charge in [0.1, 0.15) is 73.2 Å². The van der Waals surface area contributed by atoms with Crippen LogP contribution in [-0.4, -0.2) is 193 Å². The number of nitrogens with one attached hydrogen (secondary N) is 1. The van der Waals surface area contributed by atoms with Gasteiger partial charge in [-0.25, -0.2) is 0 Å². The normalized spacial score (nSPS) is 26.8. The second kappa shape index (κ2) is 62.5. The van der Waals surface area contributed by atoms with Crippen LogP contribution in [0.4, 0.5) is 0 Å². The number of ether oxygens (including phenoxy) is 6. The molecule has 0 radical (unpaired) electrons. The minimum Gasteiger partial charge on any atom is -0.394 e. The average Bonchev–Trinajstić information content (AvgIpc) is 0.778. The highest BCUT2D eigenvalue weighted by Gasteiger charge is 2.54. The summed E-state index contributed by atoms with van der Waals surface area (Å²) in [6, 6.07) is -1.00. The molecule has 0 aliphatic carbocycles. The van der Waals surface area contributed by atoms with E-state index in [-0.39, 0.29) is 18.9 Å². The number of amides is 1. The fourth-order valence-corrected chi connectivity index (χ4v) is 12.9. The molecule has 0 saturated carbocycles. The molecule has 19 nitrogen and oxygen atoms in total.